The molecular weight excluding hydrogens is 1020 g/mol. The summed E-state index contributed by atoms with van der Waals surface area (Å²) in [5.74, 6) is 0.947. The van der Waals surface area contributed by atoms with Crippen molar-refractivity contribution in [1.29, 1.82) is 0 Å². The summed E-state index contributed by atoms with van der Waals surface area (Å²) in [5.41, 5.74) is 7.13. The minimum Gasteiger partial charge on any atom is -0.509 e. The third-order valence-corrected chi connectivity index (χ3v) is 13.1. The first-order chi connectivity index (χ1) is 38.0. The number of rotatable bonds is 10. The number of hydrogen-bond acceptors (Lipinski definition) is 2. The van der Waals surface area contributed by atoms with Crippen molar-refractivity contribution in [3.05, 3.63) is 224 Å². The maximum atomic E-state index is 9.70. The second kappa shape index (κ2) is 17.3. The molecule has 2 aromatic heterocycles. The summed E-state index contributed by atoms with van der Waals surface area (Å²) in [7, 11) is 0. The summed E-state index contributed by atoms with van der Waals surface area (Å²) >= 11 is 0. The molecule has 69 heavy (non-hydrogen) atoms. The Balaban J connectivity index is 0.00000690. The number of para-hydroxylation sites is 2. The number of ether oxygens (including phenoxy) is 1. The molecule has 0 radical (unpaired) electrons. The van der Waals surface area contributed by atoms with Gasteiger partial charge in [-0.2, -0.15) is 12.1 Å². The maximum absolute atomic E-state index is 9.70. The zero-order valence-corrected chi connectivity index (χ0v) is 40.8. The quantitative estimate of drug-likeness (QED) is 0.101. The van der Waals surface area contributed by atoms with E-state index in [0.29, 0.717) is 34.1 Å². The molecule has 0 aliphatic carbocycles. The number of nitrogens with zero attached hydrogens (tertiary/aromatic N) is 4. The summed E-state index contributed by atoms with van der Waals surface area (Å²) in [4.78, 5) is 4.90. The third kappa shape index (κ3) is 7.47. The summed E-state index contributed by atoms with van der Waals surface area (Å²) < 4.78 is 117. The van der Waals surface area contributed by atoms with E-state index >= 15 is 0 Å². The van der Waals surface area contributed by atoms with E-state index < -0.39 is 72.7 Å². The normalized spacial score (nSPS) is 19.8. The molecule has 0 unspecified atom stereocenters. The molecule has 10 aromatic rings. The zero-order chi connectivity index (χ0) is 56.7. The van der Waals surface area contributed by atoms with Gasteiger partial charge in [0.05, 0.1) is 20.4 Å². The van der Waals surface area contributed by atoms with Crippen LogP contribution in [-0.2, 0) is 32.9 Å². The largest absolute Gasteiger partial charge is 0.509 e. The second-order valence-electron chi connectivity index (χ2n) is 18.8. The Morgan fingerprint density at radius 3 is 2.06 bits per heavy atom. The van der Waals surface area contributed by atoms with E-state index in [1.807, 2.05) is 67.5 Å². The van der Waals surface area contributed by atoms with E-state index in [1.165, 1.54) is 0 Å². The van der Waals surface area contributed by atoms with Crippen molar-refractivity contribution in [2.75, 3.05) is 6.67 Å². The second-order valence-corrected chi connectivity index (χ2v) is 18.8. The fourth-order valence-electron chi connectivity index (χ4n) is 10.2. The van der Waals surface area contributed by atoms with Gasteiger partial charge in [-0.1, -0.05) is 167 Å². The average molecular weight is 1090 g/mol. The molecule has 3 aliphatic rings. The van der Waals surface area contributed by atoms with Crippen LogP contribution in [0.4, 0.5) is 22.7 Å². The monoisotopic (exact) mass is 1090 g/mol. The molecular formula is C63H53N4OPt-. The molecule has 8 aromatic carbocycles. The van der Waals surface area contributed by atoms with Gasteiger partial charge in [0.25, 0.3) is 0 Å². The topological polar surface area (TPSA) is 27.1 Å². The van der Waals surface area contributed by atoms with Crippen LogP contribution in [0.1, 0.15) is 62.2 Å². The predicted molar refractivity (Wildman–Crippen MR) is 281 cm³/mol. The van der Waals surface area contributed by atoms with Crippen molar-refractivity contribution in [3.63, 3.8) is 0 Å². The number of fused-ring (bicyclic) bond motifs is 3. The molecule has 3 aliphatic heterocycles. The molecule has 0 saturated carbocycles. The minimum atomic E-state index is -1.96. The molecule has 0 N–H and O–H groups in total. The van der Waals surface area contributed by atoms with Crippen LogP contribution in [0.15, 0.2) is 194 Å². The Morgan fingerprint density at radius 2 is 1.36 bits per heavy atom. The van der Waals surface area contributed by atoms with E-state index in [9.17, 15) is 8.22 Å². The summed E-state index contributed by atoms with van der Waals surface area (Å²) in [5, 5.41) is 1.97. The van der Waals surface area contributed by atoms with Gasteiger partial charge in [0, 0.05) is 75.5 Å². The first-order valence-corrected chi connectivity index (χ1v) is 22.8. The molecule has 5 heterocycles. The molecule has 0 amide bonds. The van der Waals surface area contributed by atoms with Gasteiger partial charge in [-0.15, -0.1) is 29.7 Å². The van der Waals surface area contributed by atoms with Gasteiger partial charge in [0.1, 0.15) is 11.5 Å². The van der Waals surface area contributed by atoms with Crippen molar-refractivity contribution >= 4 is 44.6 Å². The molecule has 1 saturated heterocycles. The van der Waals surface area contributed by atoms with Gasteiger partial charge in [-0.05, 0) is 81.2 Å². The van der Waals surface area contributed by atoms with Crippen molar-refractivity contribution in [2.24, 2.45) is 5.92 Å². The van der Waals surface area contributed by atoms with Crippen LogP contribution >= 0.6 is 0 Å². The fourth-order valence-corrected chi connectivity index (χ4v) is 10.2. The molecule has 5 nitrogen and oxygen atoms in total. The SMILES string of the molecule is [2H]c1c([2H])c([2H])c(-c2cccc(-c3c([2H])c([2H])c([2H])c([2H])c3[2H])c2[N@+]23[CH-][N@+](c4[c-]c(Oc5[c-]c6c(cc5)c5cc(-c7ccccc7)ccc5n6-c5cc(C(C)(C)C)ccn5)ccc4)(C2)c2cccc(C([2H])([2H])C(C)C)c23)c([2H])c1[2H].[Pt]. The standard InChI is InChI=1S/C63H53N4O.Pt/c1-43(2)36-48-24-15-29-59-61(48)67(62-53(45-20-11-7-12-21-45)27-17-28-54(62)46-22-13-8-14-23-46)41-66(59,42-67)50-25-16-26-51(39-50)68-52-31-32-55-56-37-47(44-18-9-6-10-19-44)30-33-57(56)65(58(55)40-52)60-38-49(34-35-64-60)63(3,4)5;/h6-35,37-38,41,43H,36,42H2,1-5H3;/q-1;/t66-,67-;/m1./s1/i7D,8D,11D,12D,13D,14D,20D,21D,22D,23D,36D2;. The Morgan fingerprint density at radius 1 is 0.681 bits per heavy atom. The van der Waals surface area contributed by atoms with E-state index in [0.717, 1.165) is 44.3 Å². The van der Waals surface area contributed by atoms with Crippen molar-refractivity contribution < 1.29 is 42.3 Å². The van der Waals surface area contributed by atoms with Crippen LogP contribution in [0, 0.1) is 24.7 Å². The van der Waals surface area contributed by atoms with E-state index in [4.69, 9.17) is 17.9 Å². The van der Waals surface area contributed by atoms with Gasteiger partial charge in [-0.3, -0.25) is 4.48 Å². The Hall–Kier alpha value is -6.88. The van der Waals surface area contributed by atoms with Crippen molar-refractivity contribution in [2.45, 2.75) is 46.4 Å². The van der Waals surface area contributed by atoms with Crippen molar-refractivity contribution in [3.8, 4) is 50.7 Å². The van der Waals surface area contributed by atoms with Gasteiger partial charge < -0.3 is 13.8 Å². The zero-order valence-electron chi connectivity index (χ0n) is 50.6. The van der Waals surface area contributed by atoms with E-state index in [2.05, 4.69) is 73.9 Å². The molecule has 2 bridgehead atoms. The molecule has 342 valence electrons. The minimum absolute atomic E-state index is 0. The van der Waals surface area contributed by atoms with Crippen LogP contribution in [0.2, 0.25) is 0 Å². The van der Waals surface area contributed by atoms with Crippen LogP contribution in [-0.4, -0.2) is 16.2 Å². The molecule has 6 heteroatoms. The average Bonchev–Trinajstić information content (AvgIpc) is 2.19. The van der Waals surface area contributed by atoms with Crippen LogP contribution in [0.5, 0.6) is 11.5 Å². The summed E-state index contributed by atoms with van der Waals surface area (Å²) in [6.45, 7) is 12.1. The van der Waals surface area contributed by atoms with Gasteiger partial charge in [-0.25, -0.2) is 4.98 Å². The first kappa shape index (κ1) is 32.8. The molecule has 13 rings (SSSR count). The predicted octanol–water partition coefficient (Wildman–Crippen LogP) is 16.4. The Bertz CT molecular complexity index is 4100. The number of hydrogen-bond donors (Lipinski definition) is 0. The molecule has 1 fully saturated rings. The number of benzene rings is 8. The smallest absolute Gasteiger partial charge is 0.184 e. The van der Waals surface area contributed by atoms with E-state index in [-0.39, 0.29) is 70.1 Å². The van der Waals surface area contributed by atoms with Gasteiger partial charge in [0.2, 0.25) is 0 Å². The van der Waals surface area contributed by atoms with Crippen LogP contribution < -0.4 is 13.7 Å². The number of aromatic nitrogens is 2. The summed E-state index contributed by atoms with van der Waals surface area (Å²) in [6.07, 6.45) is -0.130. The van der Waals surface area contributed by atoms with Crippen LogP contribution in [0.25, 0.3) is 61.0 Å². The molecule has 0 spiro atoms. The maximum Gasteiger partial charge on any atom is 0.184 e. The fraction of sp³-hybridized carbons (Fsp3) is 0.143. The van der Waals surface area contributed by atoms with Crippen molar-refractivity contribution in [1.82, 2.24) is 18.5 Å². The third-order valence-electron chi connectivity index (χ3n) is 13.1. The number of quaternary nitrogens is 2. The Kier molecular flexibility index (Phi) is 8.20. The molecule has 2 atom stereocenters. The Labute approximate surface area is 437 Å². The van der Waals surface area contributed by atoms with E-state index in [1.54, 1.807) is 50.2 Å². The van der Waals surface area contributed by atoms with Gasteiger partial charge in [0.15, 0.2) is 18.0 Å². The first-order valence-electron chi connectivity index (χ1n) is 28.8. The van der Waals surface area contributed by atoms with Gasteiger partial charge >= 0.3 is 0 Å². The summed E-state index contributed by atoms with van der Waals surface area (Å²) in [6, 6.07) is 42.2. The number of pyridine rings is 1. The van der Waals surface area contributed by atoms with Crippen LogP contribution in [0.3, 0.4) is 0 Å².